The molecule has 1 heterocycles. The van der Waals surface area contributed by atoms with Crippen molar-refractivity contribution >= 4 is 27.6 Å². The maximum Gasteiger partial charge on any atom is 0.327 e. The Labute approximate surface area is 109 Å². The summed E-state index contributed by atoms with van der Waals surface area (Å²) in [5, 5.41) is 12.3. The molecule has 1 aliphatic heterocycles. The van der Waals surface area contributed by atoms with E-state index in [1.807, 2.05) is 30.0 Å². The smallest absolute Gasteiger partial charge is 0.327 e. The second-order valence-corrected chi connectivity index (χ2v) is 5.06. The number of nitrogens with one attached hydrogen (secondary N) is 1. The van der Waals surface area contributed by atoms with Crippen LogP contribution >= 0.6 is 15.9 Å². The van der Waals surface area contributed by atoms with E-state index in [4.69, 9.17) is 0 Å². The van der Waals surface area contributed by atoms with Crippen molar-refractivity contribution in [1.29, 1.82) is 0 Å². The Balaban J connectivity index is 2.32. The maximum absolute atomic E-state index is 11.2. The van der Waals surface area contributed by atoms with Crippen LogP contribution in [0.1, 0.15) is 5.56 Å². The molecule has 0 bridgehead atoms. The number of anilines is 1. The Hall–Kier alpha value is -1.07. The molecule has 17 heavy (non-hydrogen) atoms. The molecule has 5 heteroatoms. The SMILES string of the molecule is Cc1ccc(N2CCNCC2C(=O)O)c(Br)c1. The van der Waals surface area contributed by atoms with Gasteiger partial charge in [0, 0.05) is 24.1 Å². The van der Waals surface area contributed by atoms with Gasteiger partial charge < -0.3 is 15.3 Å². The number of hydrogen-bond donors (Lipinski definition) is 2. The van der Waals surface area contributed by atoms with Crippen LogP contribution in [-0.2, 0) is 4.79 Å². The van der Waals surface area contributed by atoms with Crippen molar-refractivity contribution < 1.29 is 9.90 Å². The Morgan fingerprint density at radius 3 is 3.00 bits per heavy atom. The van der Waals surface area contributed by atoms with Crippen LogP contribution in [0.5, 0.6) is 0 Å². The normalized spacial score (nSPS) is 20.4. The number of aryl methyl sites for hydroxylation is 1. The van der Waals surface area contributed by atoms with Crippen LogP contribution in [0, 0.1) is 6.92 Å². The summed E-state index contributed by atoms with van der Waals surface area (Å²) in [6.45, 7) is 4.01. The molecule has 1 saturated heterocycles. The van der Waals surface area contributed by atoms with Crippen LogP contribution in [0.3, 0.4) is 0 Å². The molecule has 4 nitrogen and oxygen atoms in total. The first kappa shape index (κ1) is 12.4. The molecule has 1 atom stereocenters. The van der Waals surface area contributed by atoms with Crippen molar-refractivity contribution in [1.82, 2.24) is 5.32 Å². The van der Waals surface area contributed by atoms with E-state index in [1.165, 1.54) is 0 Å². The average Bonchev–Trinajstić information content (AvgIpc) is 2.29. The molecule has 1 aliphatic rings. The fourth-order valence-electron chi connectivity index (χ4n) is 2.06. The molecule has 92 valence electrons. The lowest BCUT2D eigenvalue weighted by atomic mass is 10.1. The summed E-state index contributed by atoms with van der Waals surface area (Å²) < 4.78 is 0.950. The lowest BCUT2D eigenvalue weighted by molar-refractivity contribution is -0.138. The Bertz CT molecular complexity index is 437. The number of nitrogens with zero attached hydrogens (tertiary/aromatic N) is 1. The Kier molecular flexibility index (Phi) is 3.69. The topological polar surface area (TPSA) is 52.6 Å². The van der Waals surface area contributed by atoms with Gasteiger partial charge in [-0.05, 0) is 40.5 Å². The molecule has 1 aromatic rings. The van der Waals surface area contributed by atoms with Crippen LogP contribution in [0.25, 0.3) is 0 Å². The molecule has 0 spiro atoms. The van der Waals surface area contributed by atoms with E-state index in [0.29, 0.717) is 13.1 Å². The molecule has 2 N–H and O–H groups in total. The van der Waals surface area contributed by atoms with Crippen LogP contribution in [0.15, 0.2) is 22.7 Å². The molecule has 0 saturated carbocycles. The van der Waals surface area contributed by atoms with Gasteiger partial charge in [0.25, 0.3) is 0 Å². The fourth-order valence-corrected chi connectivity index (χ4v) is 2.78. The van der Waals surface area contributed by atoms with E-state index < -0.39 is 12.0 Å². The predicted octanol–water partition coefficient (Wildman–Crippen LogP) is 1.62. The van der Waals surface area contributed by atoms with Crippen molar-refractivity contribution in [2.75, 3.05) is 24.5 Å². The molecule has 1 unspecified atom stereocenters. The van der Waals surface area contributed by atoms with E-state index in [9.17, 15) is 9.90 Å². The quantitative estimate of drug-likeness (QED) is 0.871. The second-order valence-electron chi connectivity index (χ2n) is 4.21. The van der Waals surface area contributed by atoms with Crippen molar-refractivity contribution in [3.05, 3.63) is 28.2 Å². The van der Waals surface area contributed by atoms with Gasteiger partial charge in [-0.1, -0.05) is 6.07 Å². The number of carbonyl (C=O) groups is 1. The first-order valence-corrected chi connectivity index (χ1v) is 6.35. The molecule has 0 amide bonds. The number of carboxylic acids is 1. The minimum Gasteiger partial charge on any atom is -0.480 e. The summed E-state index contributed by atoms with van der Waals surface area (Å²) in [5.74, 6) is -0.787. The van der Waals surface area contributed by atoms with Crippen LogP contribution in [-0.4, -0.2) is 36.8 Å². The Morgan fingerprint density at radius 2 is 2.35 bits per heavy atom. The van der Waals surface area contributed by atoms with Gasteiger partial charge in [-0.15, -0.1) is 0 Å². The van der Waals surface area contributed by atoms with Crippen LogP contribution in [0.2, 0.25) is 0 Å². The lowest BCUT2D eigenvalue weighted by Gasteiger charge is -2.36. The average molecular weight is 299 g/mol. The van der Waals surface area contributed by atoms with E-state index in [1.54, 1.807) is 0 Å². The molecule has 1 fully saturated rings. The zero-order valence-electron chi connectivity index (χ0n) is 9.61. The Morgan fingerprint density at radius 1 is 1.59 bits per heavy atom. The van der Waals surface area contributed by atoms with Gasteiger partial charge in [0.1, 0.15) is 6.04 Å². The van der Waals surface area contributed by atoms with E-state index in [2.05, 4.69) is 21.2 Å². The van der Waals surface area contributed by atoms with E-state index in [-0.39, 0.29) is 0 Å². The number of hydrogen-bond acceptors (Lipinski definition) is 3. The summed E-state index contributed by atoms with van der Waals surface area (Å²) >= 11 is 3.50. The molecule has 2 rings (SSSR count). The lowest BCUT2D eigenvalue weighted by Crippen LogP contribution is -2.55. The highest BCUT2D eigenvalue weighted by Gasteiger charge is 2.29. The highest BCUT2D eigenvalue weighted by atomic mass is 79.9. The molecule has 0 aliphatic carbocycles. The van der Waals surface area contributed by atoms with Crippen molar-refractivity contribution in [3.63, 3.8) is 0 Å². The predicted molar refractivity (Wildman–Crippen MR) is 70.5 cm³/mol. The molecule has 0 radical (unpaired) electrons. The minimum absolute atomic E-state index is 0.482. The summed E-state index contributed by atoms with van der Waals surface area (Å²) in [4.78, 5) is 13.2. The van der Waals surface area contributed by atoms with Gasteiger partial charge in [0.15, 0.2) is 0 Å². The standard InChI is InChI=1S/C12H15BrN2O2/c1-8-2-3-10(9(13)6-8)15-5-4-14-7-11(15)12(16)17/h2-3,6,11,14H,4-5,7H2,1H3,(H,16,17). The highest BCUT2D eigenvalue weighted by molar-refractivity contribution is 9.10. The highest BCUT2D eigenvalue weighted by Crippen LogP contribution is 2.29. The zero-order chi connectivity index (χ0) is 12.4. The summed E-state index contributed by atoms with van der Waals surface area (Å²) in [7, 11) is 0. The minimum atomic E-state index is -0.787. The third-order valence-corrected chi connectivity index (χ3v) is 3.58. The van der Waals surface area contributed by atoms with Gasteiger partial charge in [-0.25, -0.2) is 4.79 Å². The molecule has 0 aromatic heterocycles. The number of aliphatic carboxylic acids is 1. The monoisotopic (exact) mass is 298 g/mol. The van der Waals surface area contributed by atoms with Gasteiger partial charge in [-0.3, -0.25) is 0 Å². The van der Waals surface area contributed by atoms with Gasteiger partial charge in [-0.2, -0.15) is 0 Å². The van der Waals surface area contributed by atoms with Crippen LogP contribution in [0.4, 0.5) is 5.69 Å². The second kappa shape index (κ2) is 5.06. The number of halogens is 1. The van der Waals surface area contributed by atoms with E-state index >= 15 is 0 Å². The maximum atomic E-state index is 11.2. The van der Waals surface area contributed by atoms with Gasteiger partial charge in [0.2, 0.25) is 0 Å². The van der Waals surface area contributed by atoms with Crippen LogP contribution < -0.4 is 10.2 Å². The first-order valence-electron chi connectivity index (χ1n) is 5.56. The fraction of sp³-hybridized carbons (Fsp3) is 0.417. The molecule has 1 aromatic carbocycles. The van der Waals surface area contributed by atoms with Crippen molar-refractivity contribution in [3.8, 4) is 0 Å². The first-order chi connectivity index (χ1) is 8.09. The number of piperazine rings is 1. The van der Waals surface area contributed by atoms with Gasteiger partial charge in [0.05, 0.1) is 5.69 Å². The van der Waals surface area contributed by atoms with Crippen molar-refractivity contribution in [2.24, 2.45) is 0 Å². The summed E-state index contributed by atoms with van der Waals surface area (Å²) in [6, 6.07) is 5.49. The summed E-state index contributed by atoms with van der Waals surface area (Å²) in [5.41, 5.74) is 2.10. The summed E-state index contributed by atoms with van der Waals surface area (Å²) in [6.07, 6.45) is 0. The largest absolute Gasteiger partial charge is 0.480 e. The number of rotatable bonds is 2. The zero-order valence-corrected chi connectivity index (χ0v) is 11.2. The van der Waals surface area contributed by atoms with E-state index in [0.717, 1.165) is 22.3 Å². The molecular formula is C12H15BrN2O2. The molecular weight excluding hydrogens is 284 g/mol. The third kappa shape index (κ3) is 2.61. The number of benzene rings is 1. The van der Waals surface area contributed by atoms with Crippen molar-refractivity contribution in [2.45, 2.75) is 13.0 Å². The number of carboxylic acid groups (broad SMARTS) is 1. The van der Waals surface area contributed by atoms with Gasteiger partial charge >= 0.3 is 5.97 Å². The third-order valence-electron chi connectivity index (χ3n) is 2.94.